The molecule has 0 unspecified atom stereocenters. The van der Waals surface area contributed by atoms with Gasteiger partial charge in [-0.15, -0.1) is 0 Å². The Hall–Kier alpha value is -1.89. The average molecular weight is 308 g/mol. The van der Waals surface area contributed by atoms with Crippen molar-refractivity contribution in [3.8, 4) is 0 Å². The highest BCUT2D eigenvalue weighted by Crippen LogP contribution is 2.12. The van der Waals surface area contributed by atoms with Crippen LogP contribution in [0.25, 0.3) is 0 Å². The minimum Gasteiger partial charge on any atom is -0.378 e. The van der Waals surface area contributed by atoms with E-state index in [0.29, 0.717) is 32.8 Å². The fourth-order valence-corrected chi connectivity index (χ4v) is 2.44. The first-order valence-corrected chi connectivity index (χ1v) is 7.68. The largest absolute Gasteiger partial charge is 0.378 e. The predicted molar refractivity (Wildman–Crippen MR) is 81.0 cm³/mol. The molecular weight excluding hydrogens is 284 g/mol. The highest BCUT2D eigenvalue weighted by molar-refractivity contribution is 5.86. The summed E-state index contributed by atoms with van der Waals surface area (Å²) in [7, 11) is 0. The van der Waals surface area contributed by atoms with Gasteiger partial charge >= 0.3 is 0 Å². The predicted octanol–water partition coefficient (Wildman–Crippen LogP) is 0.273. The Balaban J connectivity index is 1.99. The van der Waals surface area contributed by atoms with Crippen molar-refractivity contribution >= 4 is 11.8 Å². The number of rotatable bonds is 6. The smallest absolute Gasteiger partial charge is 0.225 e. The van der Waals surface area contributed by atoms with Gasteiger partial charge in [-0.25, -0.2) is 4.98 Å². The number of hydrogen-bond acceptors (Lipinski definition) is 4. The first-order chi connectivity index (χ1) is 10.6. The molecule has 122 valence electrons. The van der Waals surface area contributed by atoms with Crippen molar-refractivity contribution in [2.75, 3.05) is 26.3 Å². The van der Waals surface area contributed by atoms with Crippen LogP contribution in [0.1, 0.15) is 20.3 Å². The molecule has 0 radical (unpaired) electrons. The van der Waals surface area contributed by atoms with Gasteiger partial charge in [0.25, 0.3) is 0 Å². The zero-order valence-electron chi connectivity index (χ0n) is 13.2. The maximum Gasteiger partial charge on any atom is 0.225 e. The lowest BCUT2D eigenvalue weighted by molar-refractivity contribution is -0.139. The van der Waals surface area contributed by atoms with Gasteiger partial charge in [0.2, 0.25) is 11.8 Å². The van der Waals surface area contributed by atoms with Gasteiger partial charge < -0.3 is 19.5 Å². The van der Waals surface area contributed by atoms with Crippen LogP contribution in [-0.4, -0.2) is 58.6 Å². The fourth-order valence-electron chi connectivity index (χ4n) is 2.44. The summed E-state index contributed by atoms with van der Waals surface area (Å²) in [4.78, 5) is 30.5. The number of morpholine rings is 1. The lowest BCUT2D eigenvalue weighted by atomic mass is 10.0. The fraction of sp³-hybridized carbons (Fsp3) is 0.667. The number of nitrogens with zero attached hydrogens (tertiary/aromatic N) is 3. The molecule has 1 atom stereocenters. The zero-order valence-corrected chi connectivity index (χ0v) is 13.2. The van der Waals surface area contributed by atoms with Crippen LogP contribution in [-0.2, 0) is 20.9 Å². The molecule has 2 amide bonds. The van der Waals surface area contributed by atoms with Crippen LogP contribution in [0.4, 0.5) is 0 Å². The van der Waals surface area contributed by atoms with Crippen molar-refractivity contribution in [3.05, 3.63) is 18.7 Å². The van der Waals surface area contributed by atoms with E-state index in [-0.39, 0.29) is 24.3 Å². The third-order valence-electron chi connectivity index (χ3n) is 3.58. The lowest BCUT2D eigenvalue weighted by Crippen LogP contribution is -2.44. The molecule has 0 saturated carbocycles. The summed E-state index contributed by atoms with van der Waals surface area (Å²) in [5.74, 6) is -0.482. The van der Waals surface area contributed by atoms with E-state index in [1.807, 2.05) is 18.4 Å². The van der Waals surface area contributed by atoms with E-state index in [9.17, 15) is 9.59 Å². The van der Waals surface area contributed by atoms with Crippen LogP contribution in [0.3, 0.4) is 0 Å². The van der Waals surface area contributed by atoms with E-state index in [4.69, 9.17) is 4.74 Å². The summed E-state index contributed by atoms with van der Waals surface area (Å²) in [5, 5.41) is 2.90. The van der Waals surface area contributed by atoms with Gasteiger partial charge in [0.15, 0.2) is 0 Å². The number of carbonyl (C=O) groups is 2. The Morgan fingerprint density at radius 1 is 1.32 bits per heavy atom. The molecule has 7 nitrogen and oxygen atoms in total. The molecule has 1 aromatic heterocycles. The molecule has 1 N–H and O–H groups in total. The van der Waals surface area contributed by atoms with E-state index < -0.39 is 5.92 Å². The molecule has 7 heteroatoms. The van der Waals surface area contributed by atoms with E-state index in [1.54, 1.807) is 23.6 Å². The highest BCUT2D eigenvalue weighted by atomic mass is 16.5. The zero-order chi connectivity index (χ0) is 15.9. The second-order valence-corrected chi connectivity index (χ2v) is 5.82. The number of imidazole rings is 1. The van der Waals surface area contributed by atoms with Crippen molar-refractivity contribution < 1.29 is 14.3 Å². The SMILES string of the molecule is CC(C)NC(=O)[C@@H](CC(=O)N1CCOCC1)Cn1ccnc1. The molecule has 0 spiro atoms. The number of carbonyl (C=O) groups excluding carboxylic acids is 2. The molecule has 0 aromatic carbocycles. The van der Waals surface area contributed by atoms with Crippen molar-refractivity contribution in [3.63, 3.8) is 0 Å². The van der Waals surface area contributed by atoms with Gasteiger partial charge in [-0.1, -0.05) is 0 Å². The average Bonchev–Trinajstić information content (AvgIpc) is 2.99. The minimum absolute atomic E-state index is 0.00678. The summed E-state index contributed by atoms with van der Waals surface area (Å²) >= 11 is 0. The topological polar surface area (TPSA) is 76.5 Å². The van der Waals surface area contributed by atoms with E-state index in [2.05, 4.69) is 10.3 Å². The second kappa shape index (κ2) is 7.93. The molecule has 1 aromatic rings. The Morgan fingerprint density at radius 3 is 2.64 bits per heavy atom. The van der Waals surface area contributed by atoms with E-state index in [0.717, 1.165) is 0 Å². The van der Waals surface area contributed by atoms with Crippen molar-refractivity contribution in [1.29, 1.82) is 0 Å². The lowest BCUT2D eigenvalue weighted by Gasteiger charge is -2.28. The van der Waals surface area contributed by atoms with Crippen LogP contribution < -0.4 is 5.32 Å². The van der Waals surface area contributed by atoms with Gasteiger partial charge in [0.05, 0.1) is 25.5 Å². The van der Waals surface area contributed by atoms with E-state index >= 15 is 0 Å². The Bertz CT molecular complexity index is 481. The number of nitrogens with one attached hydrogen (secondary N) is 1. The highest BCUT2D eigenvalue weighted by Gasteiger charge is 2.26. The summed E-state index contributed by atoms with van der Waals surface area (Å²) in [6.07, 6.45) is 5.33. The number of ether oxygens (including phenoxy) is 1. The standard InChI is InChI=1S/C15H24N4O3/c1-12(2)17-15(21)13(10-18-4-3-16-11-18)9-14(20)19-5-7-22-8-6-19/h3-4,11-13H,5-10H2,1-2H3,(H,17,21)/t13-/m0/s1. The van der Waals surface area contributed by atoms with Crippen molar-refractivity contribution in [1.82, 2.24) is 19.8 Å². The van der Waals surface area contributed by atoms with Crippen LogP contribution >= 0.6 is 0 Å². The number of aromatic nitrogens is 2. The van der Waals surface area contributed by atoms with Gasteiger partial charge in [-0.3, -0.25) is 9.59 Å². The van der Waals surface area contributed by atoms with Gasteiger partial charge in [-0.05, 0) is 13.8 Å². The Labute approximate surface area is 130 Å². The molecule has 0 bridgehead atoms. The molecule has 1 aliphatic heterocycles. The molecule has 22 heavy (non-hydrogen) atoms. The molecule has 1 fully saturated rings. The summed E-state index contributed by atoms with van der Waals surface area (Å²) in [6, 6.07) is 0.0521. The van der Waals surface area contributed by atoms with Crippen LogP contribution in [0.5, 0.6) is 0 Å². The van der Waals surface area contributed by atoms with Gasteiger partial charge in [0, 0.05) is 44.5 Å². The van der Waals surface area contributed by atoms with E-state index in [1.165, 1.54) is 0 Å². The first kappa shape index (κ1) is 16.5. The van der Waals surface area contributed by atoms with Crippen molar-refractivity contribution in [2.45, 2.75) is 32.9 Å². The third kappa shape index (κ3) is 4.84. The second-order valence-electron chi connectivity index (χ2n) is 5.82. The normalized spacial score (nSPS) is 16.6. The molecular formula is C15H24N4O3. The monoisotopic (exact) mass is 308 g/mol. The van der Waals surface area contributed by atoms with Crippen LogP contribution in [0.2, 0.25) is 0 Å². The molecule has 2 heterocycles. The molecule has 1 aliphatic rings. The quantitative estimate of drug-likeness (QED) is 0.818. The Kier molecular flexibility index (Phi) is 5.94. The summed E-state index contributed by atoms with van der Waals surface area (Å²) in [6.45, 7) is 6.61. The molecule has 1 saturated heterocycles. The first-order valence-electron chi connectivity index (χ1n) is 7.68. The van der Waals surface area contributed by atoms with Crippen molar-refractivity contribution in [2.24, 2.45) is 5.92 Å². The maximum absolute atomic E-state index is 12.4. The molecule has 2 rings (SSSR count). The minimum atomic E-state index is -0.396. The van der Waals surface area contributed by atoms with Gasteiger partial charge in [-0.2, -0.15) is 0 Å². The third-order valence-corrected chi connectivity index (χ3v) is 3.58. The maximum atomic E-state index is 12.4. The van der Waals surface area contributed by atoms with Crippen LogP contribution in [0, 0.1) is 5.92 Å². The van der Waals surface area contributed by atoms with Crippen LogP contribution in [0.15, 0.2) is 18.7 Å². The Morgan fingerprint density at radius 2 is 2.05 bits per heavy atom. The summed E-state index contributed by atoms with van der Waals surface area (Å²) < 4.78 is 7.09. The number of amides is 2. The molecule has 0 aliphatic carbocycles. The number of hydrogen-bond donors (Lipinski definition) is 1. The van der Waals surface area contributed by atoms with Gasteiger partial charge in [0.1, 0.15) is 0 Å². The summed E-state index contributed by atoms with van der Waals surface area (Å²) in [5.41, 5.74) is 0.